The Morgan fingerprint density at radius 1 is 1.19 bits per heavy atom. The fraction of sp³-hybridized carbons (Fsp3) is 0.556. The van der Waals surface area contributed by atoms with Gasteiger partial charge in [-0.05, 0) is 44.4 Å². The third kappa shape index (κ3) is 3.86. The maximum Gasteiger partial charge on any atom is 0.433 e. The topological polar surface area (TPSA) is 32.3 Å². The zero-order chi connectivity index (χ0) is 18.3. The highest BCUT2D eigenvalue weighted by atomic mass is 32.1. The second-order valence-corrected chi connectivity index (χ2v) is 8.44. The van der Waals surface area contributed by atoms with Gasteiger partial charge in [0.1, 0.15) is 5.69 Å². The first-order valence-corrected chi connectivity index (χ1v) is 9.68. The highest BCUT2D eigenvalue weighted by molar-refractivity contribution is 7.11. The van der Waals surface area contributed by atoms with Crippen molar-refractivity contribution in [2.75, 3.05) is 18.0 Å². The molecule has 4 nitrogen and oxygen atoms in total. The number of aryl methyl sites for hydroxylation is 1. The number of rotatable bonds is 5. The third-order valence-electron chi connectivity index (χ3n) is 4.92. The average molecular weight is 382 g/mol. The first-order valence-electron chi connectivity index (χ1n) is 8.86. The van der Waals surface area contributed by atoms with Crippen LogP contribution >= 0.6 is 11.3 Å². The average Bonchev–Trinajstić information content (AvgIpc) is 3.17. The Labute approximate surface area is 154 Å². The highest BCUT2D eigenvalue weighted by Crippen LogP contribution is 2.36. The fourth-order valence-electron chi connectivity index (χ4n) is 3.58. The number of hydrogen-bond acceptors (Lipinski definition) is 5. The van der Waals surface area contributed by atoms with E-state index < -0.39 is 11.9 Å². The molecule has 1 aliphatic carbocycles. The van der Waals surface area contributed by atoms with Crippen molar-refractivity contribution in [3.63, 3.8) is 0 Å². The summed E-state index contributed by atoms with van der Waals surface area (Å²) in [6.45, 7) is 4.79. The number of alkyl halides is 3. The van der Waals surface area contributed by atoms with Crippen LogP contribution in [0.25, 0.3) is 0 Å². The lowest BCUT2D eigenvalue weighted by molar-refractivity contribution is -0.141. The van der Waals surface area contributed by atoms with Crippen LogP contribution in [0.2, 0.25) is 0 Å². The van der Waals surface area contributed by atoms with Crippen molar-refractivity contribution < 1.29 is 13.2 Å². The molecule has 1 saturated carbocycles. The predicted octanol–water partition coefficient (Wildman–Crippen LogP) is 4.11. The normalized spacial score (nSPS) is 21.3. The van der Waals surface area contributed by atoms with Gasteiger partial charge in [0.05, 0.1) is 0 Å². The van der Waals surface area contributed by atoms with E-state index in [9.17, 15) is 13.2 Å². The van der Waals surface area contributed by atoms with Crippen molar-refractivity contribution in [1.29, 1.82) is 0 Å². The standard InChI is InChI=1S/C18H21F3N4S/c1-12-2-5-15(26-12)11-24-9-7-14(10-24)25(13-3-4-13)17-22-8-6-16(23-17)18(19,20)21/h2,5-6,8,13-14H,3-4,7,9-11H2,1H3. The van der Waals surface area contributed by atoms with E-state index in [1.807, 2.05) is 4.90 Å². The van der Waals surface area contributed by atoms with Crippen LogP contribution in [0.1, 0.15) is 34.7 Å². The van der Waals surface area contributed by atoms with Crippen molar-refractivity contribution in [2.24, 2.45) is 0 Å². The van der Waals surface area contributed by atoms with Crippen molar-refractivity contribution in [3.05, 3.63) is 39.8 Å². The molecule has 2 aliphatic rings. The molecule has 26 heavy (non-hydrogen) atoms. The molecule has 1 aliphatic heterocycles. The largest absolute Gasteiger partial charge is 0.433 e. The molecule has 4 rings (SSSR count). The number of hydrogen-bond donors (Lipinski definition) is 0. The van der Waals surface area contributed by atoms with Crippen LogP contribution in [-0.2, 0) is 12.7 Å². The summed E-state index contributed by atoms with van der Waals surface area (Å²) in [6.07, 6.45) is -0.283. The maximum absolute atomic E-state index is 13.0. The van der Waals surface area contributed by atoms with Crippen molar-refractivity contribution in [1.82, 2.24) is 14.9 Å². The minimum absolute atomic E-state index is 0.173. The molecule has 1 unspecified atom stereocenters. The zero-order valence-electron chi connectivity index (χ0n) is 14.5. The Bertz CT molecular complexity index is 772. The first kappa shape index (κ1) is 17.7. The van der Waals surface area contributed by atoms with Crippen molar-refractivity contribution >= 4 is 17.3 Å². The number of likely N-dealkylation sites (tertiary alicyclic amines) is 1. The zero-order valence-corrected chi connectivity index (χ0v) is 15.4. The van der Waals surface area contributed by atoms with E-state index in [4.69, 9.17) is 0 Å². The number of thiophene rings is 1. The molecule has 2 fully saturated rings. The lowest BCUT2D eigenvalue weighted by Crippen LogP contribution is -2.40. The van der Waals surface area contributed by atoms with Gasteiger partial charge in [0.25, 0.3) is 0 Å². The minimum atomic E-state index is -4.44. The van der Waals surface area contributed by atoms with E-state index in [0.717, 1.165) is 45.0 Å². The van der Waals surface area contributed by atoms with E-state index >= 15 is 0 Å². The summed E-state index contributed by atoms with van der Waals surface area (Å²) in [6, 6.07) is 5.66. The van der Waals surface area contributed by atoms with Crippen LogP contribution in [0.4, 0.5) is 19.1 Å². The lowest BCUT2D eigenvalue weighted by Gasteiger charge is -2.29. The SMILES string of the molecule is Cc1ccc(CN2CCC(N(c3nccc(C(F)(F)F)n3)C3CC3)C2)s1. The van der Waals surface area contributed by atoms with E-state index in [1.165, 1.54) is 16.0 Å². The molecule has 0 radical (unpaired) electrons. The monoisotopic (exact) mass is 382 g/mol. The van der Waals surface area contributed by atoms with Gasteiger partial charge in [0.15, 0.2) is 0 Å². The summed E-state index contributed by atoms with van der Waals surface area (Å²) in [5, 5.41) is 0. The van der Waals surface area contributed by atoms with Gasteiger partial charge in [-0.15, -0.1) is 11.3 Å². The summed E-state index contributed by atoms with van der Waals surface area (Å²) in [4.78, 5) is 15.0. The first-order chi connectivity index (χ1) is 12.4. The van der Waals surface area contributed by atoms with Crippen molar-refractivity contribution in [3.8, 4) is 0 Å². The molecule has 0 N–H and O–H groups in total. The summed E-state index contributed by atoms with van der Waals surface area (Å²) in [5.41, 5.74) is -0.864. The van der Waals surface area contributed by atoms with Gasteiger partial charge in [-0.3, -0.25) is 4.90 Å². The molecule has 3 heterocycles. The van der Waals surface area contributed by atoms with Gasteiger partial charge in [-0.1, -0.05) is 0 Å². The van der Waals surface area contributed by atoms with Gasteiger partial charge < -0.3 is 4.90 Å². The van der Waals surface area contributed by atoms with E-state index in [-0.39, 0.29) is 18.0 Å². The van der Waals surface area contributed by atoms with Gasteiger partial charge in [-0.25, -0.2) is 9.97 Å². The molecule has 1 saturated heterocycles. The highest BCUT2D eigenvalue weighted by Gasteiger charge is 2.40. The fourth-order valence-corrected chi connectivity index (χ4v) is 4.51. The summed E-state index contributed by atoms with van der Waals surface area (Å²) in [7, 11) is 0. The molecule has 2 aromatic rings. The van der Waals surface area contributed by atoms with Gasteiger partial charge in [-0.2, -0.15) is 13.2 Å². The van der Waals surface area contributed by atoms with Crippen molar-refractivity contribution in [2.45, 2.75) is 51.0 Å². The Balaban J connectivity index is 1.49. The van der Waals surface area contributed by atoms with Gasteiger partial charge >= 0.3 is 6.18 Å². The van der Waals surface area contributed by atoms with Crippen LogP contribution in [0.5, 0.6) is 0 Å². The van der Waals surface area contributed by atoms with Crippen LogP contribution in [0, 0.1) is 6.92 Å². The third-order valence-corrected chi connectivity index (χ3v) is 5.91. The molecule has 8 heteroatoms. The van der Waals surface area contributed by atoms with E-state index in [2.05, 4.69) is 33.9 Å². The second kappa shape index (κ2) is 6.81. The molecule has 0 amide bonds. The summed E-state index contributed by atoms with van der Waals surface area (Å²) in [5.74, 6) is 0.223. The molecule has 2 aromatic heterocycles. The lowest BCUT2D eigenvalue weighted by atomic mass is 10.2. The number of aromatic nitrogens is 2. The van der Waals surface area contributed by atoms with Gasteiger partial charge in [0.2, 0.25) is 5.95 Å². The summed E-state index contributed by atoms with van der Waals surface area (Å²) >= 11 is 1.80. The molecule has 1 atom stereocenters. The number of nitrogens with zero attached hydrogens (tertiary/aromatic N) is 4. The molecule has 0 spiro atoms. The van der Waals surface area contributed by atoms with Crippen LogP contribution in [-0.4, -0.2) is 40.0 Å². The smallest absolute Gasteiger partial charge is 0.334 e. The Hall–Kier alpha value is -1.67. The van der Waals surface area contributed by atoms with E-state index in [1.54, 1.807) is 11.3 Å². The molecular formula is C18H21F3N4S. The quantitative estimate of drug-likeness (QED) is 0.779. The predicted molar refractivity (Wildman–Crippen MR) is 95.3 cm³/mol. The van der Waals surface area contributed by atoms with Gasteiger partial charge in [0, 0.05) is 47.7 Å². The van der Waals surface area contributed by atoms with E-state index in [0.29, 0.717) is 0 Å². The van der Waals surface area contributed by atoms with Crippen LogP contribution in [0.15, 0.2) is 24.4 Å². The second-order valence-electron chi connectivity index (χ2n) is 7.07. The number of halogens is 3. The molecular weight excluding hydrogens is 361 g/mol. The maximum atomic E-state index is 13.0. The molecule has 0 bridgehead atoms. The Kier molecular flexibility index (Phi) is 4.64. The summed E-state index contributed by atoms with van der Waals surface area (Å²) < 4.78 is 39.0. The molecule has 140 valence electrons. The van der Waals surface area contributed by atoms with Crippen LogP contribution in [0.3, 0.4) is 0 Å². The number of anilines is 1. The van der Waals surface area contributed by atoms with Crippen LogP contribution < -0.4 is 4.90 Å². The minimum Gasteiger partial charge on any atom is -0.334 e. The Morgan fingerprint density at radius 3 is 2.65 bits per heavy atom. The molecule has 0 aromatic carbocycles. The Morgan fingerprint density at radius 2 is 2.00 bits per heavy atom.